The fourth-order valence-electron chi connectivity index (χ4n) is 3.56. The van der Waals surface area contributed by atoms with E-state index in [-0.39, 0.29) is 12.5 Å². The number of ether oxygens (including phenoxy) is 1. The number of carbonyl (C=O) groups excluding carboxylic acids is 3. The van der Waals surface area contributed by atoms with Gasteiger partial charge in [-0.2, -0.15) is 0 Å². The molecular weight excluding hydrogens is 424 g/mol. The largest absolute Gasteiger partial charge is 0.449 e. The SMILES string of the molecule is [3H]OCC(=O)[C@@H](CC(=O)NS(C)(=O)=O)NC(=O)OCC1c2ccccc2-c2ccccc21. The van der Waals surface area contributed by atoms with Crippen molar-refractivity contribution in [2.75, 3.05) is 19.5 Å². The summed E-state index contributed by atoms with van der Waals surface area (Å²) < 4.78 is 36.2. The maximum atomic E-state index is 12.4. The van der Waals surface area contributed by atoms with E-state index in [1.165, 1.54) is 0 Å². The number of hydrogen-bond acceptors (Lipinski definition) is 7. The molecule has 0 spiro atoms. The van der Waals surface area contributed by atoms with Crippen LogP contribution in [-0.2, 0) is 24.3 Å². The van der Waals surface area contributed by atoms with E-state index in [0.29, 0.717) is 0 Å². The molecule has 2 aromatic rings. The lowest BCUT2D eigenvalue weighted by molar-refractivity contribution is -0.127. The molecule has 9 nitrogen and oxygen atoms in total. The van der Waals surface area contributed by atoms with Crippen LogP contribution in [0.3, 0.4) is 0 Å². The number of alkyl carbamates (subject to hydrolysis) is 1. The zero-order valence-corrected chi connectivity index (χ0v) is 17.5. The summed E-state index contributed by atoms with van der Waals surface area (Å²) in [5.41, 5.74) is 4.11. The topological polar surface area (TPSA) is 139 Å². The Morgan fingerprint density at radius 1 is 1.10 bits per heavy atom. The predicted octanol–water partition coefficient (Wildman–Crippen LogP) is 0.921. The molecule has 3 rings (SSSR count). The average molecular weight is 448 g/mol. The average Bonchev–Trinajstić information content (AvgIpc) is 3.04. The van der Waals surface area contributed by atoms with Gasteiger partial charge in [0.1, 0.15) is 19.3 Å². The minimum absolute atomic E-state index is 0.00868. The minimum Gasteiger partial charge on any atom is -0.449 e. The third-order valence-corrected chi connectivity index (χ3v) is 5.45. The Kier molecular flexibility index (Phi) is 6.28. The first-order valence-corrected chi connectivity index (χ1v) is 11.3. The monoisotopic (exact) mass is 448 g/mol. The summed E-state index contributed by atoms with van der Waals surface area (Å²) in [5, 5.41) is 6.29. The van der Waals surface area contributed by atoms with Crippen LogP contribution < -0.4 is 10.0 Å². The number of amides is 2. The second kappa shape index (κ2) is 9.27. The van der Waals surface area contributed by atoms with Crippen molar-refractivity contribution in [3.8, 4) is 11.1 Å². The Balaban J connectivity index is 1.67. The first-order valence-electron chi connectivity index (χ1n) is 9.83. The molecule has 0 saturated heterocycles. The van der Waals surface area contributed by atoms with Crippen molar-refractivity contribution in [3.63, 3.8) is 0 Å². The maximum absolute atomic E-state index is 12.4. The fraction of sp³-hybridized carbons (Fsp3) is 0.286. The number of Topliss-reactive ketones (excluding diaryl/α,β-unsaturated/α-hetero) is 1. The van der Waals surface area contributed by atoms with E-state index in [2.05, 4.69) is 10.4 Å². The normalized spacial score (nSPS) is 14.0. The summed E-state index contributed by atoms with van der Waals surface area (Å²) in [6.07, 6.45) is -0.824. The van der Waals surface area contributed by atoms with Crippen molar-refractivity contribution < 1.29 is 32.6 Å². The van der Waals surface area contributed by atoms with Crippen LogP contribution in [-0.4, -0.2) is 58.3 Å². The third kappa shape index (κ3) is 5.47. The number of ketones is 1. The number of aliphatic hydroxyl groups is 1. The summed E-state index contributed by atoms with van der Waals surface area (Å²) in [5.74, 6) is -1.97. The van der Waals surface area contributed by atoms with Crippen LogP contribution in [0.2, 0.25) is 0 Å². The highest BCUT2D eigenvalue weighted by atomic mass is 32.2. The van der Waals surface area contributed by atoms with Crippen molar-refractivity contribution in [1.82, 2.24) is 10.0 Å². The molecule has 2 aromatic carbocycles. The van der Waals surface area contributed by atoms with Gasteiger partial charge in [0.15, 0.2) is 5.78 Å². The van der Waals surface area contributed by atoms with Gasteiger partial charge in [-0.1, -0.05) is 48.5 Å². The van der Waals surface area contributed by atoms with Crippen LogP contribution in [0, 0.1) is 0 Å². The Morgan fingerprint density at radius 2 is 1.68 bits per heavy atom. The number of rotatable bonds is 9. The van der Waals surface area contributed by atoms with Gasteiger partial charge < -0.3 is 15.2 Å². The van der Waals surface area contributed by atoms with Crippen LogP contribution in [0.15, 0.2) is 48.5 Å². The van der Waals surface area contributed by atoms with Gasteiger partial charge in [-0.25, -0.2) is 13.2 Å². The second-order valence-electron chi connectivity index (χ2n) is 7.13. The van der Waals surface area contributed by atoms with E-state index in [1.807, 2.05) is 48.5 Å². The Hall–Kier alpha value is -3.24. The van der Waals surface area contributed by atoms with Crippen LogP contribution in [0.4, 0.5) is 4.79 Å². The molecule has 10 heteroatoms. The highest BCUT2D eigenvalue weighted by molar-refractivity contribution is 7.89. The number of benzene rings is 2. The van der Waals surface area contributed by atoms with Gasteiger partial charge in [-0.3, -0.25) is 14.3 Å². The quantitative estimate of drug-likeness (QED) is 0.518. The summed E-state index contributed by atoms with van der Waals surface area (Å²) in [6, 6.07) is 14.1. The molecule has 0 aliphatic heterocycles. The molecule has 1 aliphatic carbocycles. The molecular formula is C21H22N2O7S. The zero-order valence-electron chi connectivity index (χ0n) is 17.7. The highest BCUT2D eigenvalue weighted by Crippen LogP contribution is 2.44. The molecule has 0 saturated carbocycles. The summed E-state index contributed by atoms with van der Waals surface area (Å²) in [7, 11) is -3.84. The lowest BCUT2D eigenvalue weighted by Crippen LogP contribution is -2.46. The first-order chi connectivity index (χ1) is 15.2. The molecule has 0 fully saturated rings. The van der Waals surface area contributed by atoms with E-state index < -0.39 is 46.9 Å². The van der Waals surface area contributed by atoms with Crippen molar-refractivity contribution in [3.05, 3.63) is 59.7 Å². The van der Waals surface area contributed by atoms with Gasteiger partial charge in [0.05, 0.1) is 12.7 Å². The molecule has 0 heterocycles. The number of hydrogen-bond donors (Lipinski definition) is 3. The standard InChI is InChI=1S/C21H22N2O7S/c1-31(28,29)23-20(26)10-18(19(25)11-24)22-21(27)30-12-17-15-8-4-2-6-13(15)14-7-3-5-9-16(14)17/h2-9,17-18,24H,10-12H2,1H3,(H,22,27)(H,23,26)/t18-/m1/s1/i24T. The van der Waals surface area contributed by atoms with Crippen molar-refractivity contribution in [2.24, 2.45) is 0 Å². The number of aliphatic hydroxyl groups excluding tert-OH is 1. The molecule has 2 amide bonds. The van der Waals surface area contributed by atoms with Gasteiger partial charge in [-0.15, -0.1) is 0 Å². The van der Waals surface area contributed by atoms with Crippen molar-refractivity contribution in [2.45, 2.75) is 18.4 Å². The minimum atomic E-state index is -3.84. The number of sulfonamides is 1. The number of fused-ring (bicyclic) bond motifs is 3. The fourth-order valence-corrected chi connectivity index (χ4v) is 4.06. The molecule has 0 aromatic heterocycles. The van der Waals surface area contributed by atoms with E-state index >= 15 is 0 Å². The second-order valence-corrected chi connectivity index (χ2v) is 8.88. The first kappa shape index (κ1) is 21.0. The number of carbonyl (C=O) groups is 3. The molecule has 3 N–H and O–H groups in total. The van der Waals surface area contributed by atoms with E-state index in [4.69, 9.17) is 6.17 Å². The van der Waals surface area contributed by atoms with Crippen LogP contribution in [0.25, 0.3) is 11.1 Å². The van der Waals surface area contributed by atoms with Crippen molar-refractivity contribution >= 4 is 27.8 Å². The summed E-state index contributed by atoms with van der Waals surface area (Å²) in [4.78, 5) is 36.4. The van der Waals surface area contributed by atoms with Crippen LogP contribution in [0.5, 0.6) is 0 Å². The van der Waals surface area contributed by atoms with Gasteiger partial charge >= 0.3 is 6.09 Å². The smallest absolute Gasteiger partial charge is 0.407 e. The maximum Gasteiger partial charge on any atom is 0.407 e. The molecule has 0 bridgehead atoms. The van der Waals surface area contributed by atoms with E-state index in [9.17, 15) is 22.8 Å². The molecule has 31 heavy (non-hydrogen) atoms. The van der Waals surface area contributed by atoms with Gasteiger partial charge in [0, 0.05) is 5.92 Å². The Labute approximate surface area is 181 Å². The molecule has 164 valence electrons. The van der Waals surface area contributed by atoms with Crippen LogP contribution in [0.1, 0.15) is 23.5 Å². The van der Waals surface area contributed by atoms with Gasteiger partial charge in [-0.05, 0) is 22.3 Å². The van der Waals surface area contributed by atoms with Gasteiger partial charge in [0.2, 0.25) is 17.4 Å². The Bertz CT molecular complexity index is 1090. The van der Waals surface area contributed by atoms with E-state index in [0.717, 1.165) is 28.5 Å². The highest BCUT2D eigenvalue weighted by Gasteiger charge is 2.30. The number of nitrogens with one attached hydrogen (secondary N) is 2. The zero-order chi connectivity index (χ0) is 23.3. The summed E-state index contributed by atoms with van der Waals surface area (Å²) in [6.45, 7) is -0.703. The molecule has 1 aliphatic rings. The van der Waals surface area contributed by atoms with Crippen molar-refractivity contribution in [1.29, 1.82) is 1.43 Å². The molecule has 0 unspecified atom stereocenters. The molecule has 1 atom stereocenters. The third-order valence-electron chi connectivity index (χ3n) is 4.86. The Morgan fingerprint density at radius 3 is 2.23 bits per heavy atom. The van der Waals surface area contributed by atoms with Gasteiger partial charge in [0.25, 0.3) is 0 Å². The van der Waals surface area contributed by atoms with E-state index in [1.54, 1.807) is 4.72 Å². The lowest BCUT2D eigenvalue weighted by atomic mass is 9.98. The molecule has 0 radical (unpaired) electrons. The predicted molar refractivity (Wildman–Crippen MR) is 112 cm³/mol. The van der Waals surface area contributed by atoms with Crippen LogP contribution >= 0.6 is 0 Å². The summed E-state index contributed by atoms with van der Waals surface area (Å²) >= 11 is 0. The lowest BCUT2D eigenvalue weighted by Gasteiger charge is -2.18.